The minimum Gasteiger partial charge on any atom is -0.493 e. The number of fused-ring (bicyclic) bond motifs is 1. The van der Waals surface area contributed by atoms with E-state index in [1.54, 1.807) is 21.3 Å². The lowest BCUT2D eigenvalue weighted by Crippen LogP contribution is -2.27. The number of hydrogen-bond acceptors (Lipinski definition) is 6. The summed E-state index contributed by atoms with van der Waals surface area (Å²) in [5.74, 6) is 2.38. The normalized spacial score (nSPS) is 15.1. The maximum absolute atomic E-state index is 11.1. The van der Waals surface area contributed by atoms with Crippen molar-refractivity contribution in [3.63, 3.8) is 0 Å². The molecule has 1 heterocycles. The molecule has 29 heavy (non-hydrogen) atoms. The first-order valence-corrected chi connectivity index (χ1v) is 9.51. The van der Waals surface area contributed by atoms with E-state index in [0.29, 0.717) is 23.7 Å². The highest BCUT2D eigenvalue weighted by Gasteiger charge is 2.23. The largest absolute Gasteiger partial charge is 0.493 e. The predicted octanol–water partition coefficient (Wildman–Crippen LogP) is 4.99. The topological polar surface area (TPSA) is 66.4 Å². The monoisotopic (exact) mass is 397 g/mol. The van der Waals surface area contributed by atoms with Crippen LogP contribution in [-0.4, -0.2) is 33.5 Å². The van der Waals surface area contributed by atoms with Gasteiger partial charge in [0.05, 0.1) is 27.9 Å². The molecule has 154 valence electrons. The van der Waals surface area contributed by atoms with Gasteiger partial charge >= 0.3 is 0 Å². The minimum atomic E-state index is -0.311. The third-order valence-corrected chi connectivity index (χ3v) is 5.05. The highest BCUT2D eigenvalue weighted by Crippen LogP contribution is 2.41. The molecule has 0 amide bonds. The number of ether oxygens (including phenoxy) is 4. The van der Waals surface area contributed by atoms with Gasteiger partial charge in [-0.15, -0.1) is 0 Å². The molecular weight excluding hydrogens is 370 g/mol. The summed E-state index contributed by atoms with van der Waals surface area (Å²) in [5, 5.41) is 3.17. The van der Waals surface area contributed by atoms with Gasteiger partial charge in [0.2, 0.25) is 5.75 Å². The van der Waals surface area contributed by atoms with Crippen LogP contribution in [0.25, 0.3) is 6.08 Å². The molecule has 1 aliphatic rings. The molecule has 0 saturated carbocycles. The van der Waals surface area contributed by atoms with Crippen LogP contribution >= 0.6 is 0 Å². The predicted molar refractivity (Wildman–Crippen MR) is 113 cm³/mol. The van der Waals surface area contributed by atoms with E-state index in [1.165, 1.54) is 0 Å². The molecule has 0 aliphatic carbocycles. The fraction of sp³-hybridized carbons (Fsp3) is 0.391. The molecule has 0 spiro atoms. The molecule has 2 aromatic rings. The van der Waals surface area contributed by atoms with Gasteiger partial charge in [0, 0.05) is 11.5 Å². The summed E-state index contributed by atoms with van der Waals surface area (Å²) in [6.07, 6.45) is 4.77. The first-order chi connectivity index (χ1) is 13.9. The molecule has 1 atom stereocenters. The molecule has 0 bridgehead atoms. The first-order valence-electron chi connectivity index (χ1n) is 9.51. The van der Waals surface area contributed by atoms with Crippen molar-refractivity contribution in [1.82, 2.24) is 0 Å². The average Bonchev–Trinajstić information content (AvgIpc) is 2.71. The van der Waals surface area contributed by atoms with Crippen LogP contribution in [0.3, 0.4) is 0 Å². The number of methoxy groups -OCH3 is 3. The van der Waals surface area contributed by atoms with Gasteiger partial charge in [0.1, 0.15) is 11.4 Å². The summed E-state index contributed by atoms with van der Waals surface area (Å²) in [7, 11) is 4.71. The van der Waals surface area contributed by atoms with Crippen LogP contribution in [0.5, 0.6) is 23.0 Å². The Morgan fingerprint density at radius 3 is 2.31 bits per heavy atom. The van der Waals surface area contributed by atoms with Crippen molar-refractivity contribution in [2.24, 2.45) is 5.18 Å². The number of nitrogens with zero attached hydrogens (tertiary/aromatic N) is 1. The van der Waals surface area contributed by atoms with Crippen molar-refractivity contribution in [3.05, 3.63) is 58.0 Å². The Morgan fingerprint density at radius 2 is 1.72 bits per heavy atom. The Morgan fingerprint density at radius 1 is 1.03 bits per heavy atom. The zero-order valence-corrected chi connectivity index (χ0v) is 17.5. The van der Waals surface area contributed by atoms with Crippen LogP contribution in [0.4, 0.5) is 0 Å². The number of nitroso groups, excluding NO2 is 1. The van der Waals surface area contributed by atoms with Gasteiger partial charge in [-0.2, -0.15) is 4.91 Å². The summed E-state index contributed by atoms with van der Waals surface area (Å²) in [4.78, 5) is 11.1. The van der Waals surface area contributed by atoms with Crippen LogP contribution < -0.4 is 18.9 Å². The van der Waals surface area contributed by atoms with Crippen LogP contribution in [0, 0.1) is 4.91 Å². The molecular formula is C23H27NO5. The molecule has 0 aromatic heterocycles. The van der Waals surface area contributed by atoms with Crippen molar-refractivity contribution >= 4 is 6.08 Å². The average molecular weight is 397 g/mol. The van der Waals surface area contributed by atoms with E-state index < -0.39 is 0 Å². The molecule has 0 fully saturated rings. The van der Waals surface area contributed by atoms with Crippen LogP contribution in [-0.2, 0) is 6.42 Å². The fourth-order valence-electron chi connectivity index (χ4n) is 3.56. The van der Waals surface area contributed by atoms with Gasteiger partial charge in [-0.3, -0.25) is 0 Å². The Labute approximate surface area is 171 Å². The second-order valence-electron chi connectivity index (χ2n) is 7.58. The molecule has 2 aromatic carbocycles. The third kappa shape index (κ3) is 4.53. The van der Waals surface area contributed by atoms with E-state index in [-0.39, 0.29) is 18.1 Å². The SMILES string of the molecule is COc1cc(C(CN=O)Cc2ccc3c(c2)C=CC(C)(C)O3)cc(OC)c1OC. The molecule has 1 aliphatic heterocycles. The van der Waals surface area contributed by atoms with E-state index in [2.05, 4.69) is 17.3 Å². The smallest absolute Gasteiger partial charge is 0.203 e. The van der Waals surface area contributed by atoms with Gasteiger partial charge in [-0.25, -0.2) is 0 Å². The molecule has 3 rings (SSSR count). The molecule has 0 N–H and O–H groups in total. The van der Waals surface area contributed by atoms with Gasteiger partial charge < -0.3 is 18.9 Å². The Hall–Kier alpha value is -3.02. The maximum Gasteiger partial charge on any atom is 0.203 e. The second-order valence-corrected chi connectivity index (χ2v) is 7.58. The molecule has 1 unspecified atom stereocenters. The van der Waals surface area contributed by atoms with Crippen molar-refractivity contribution in [1.29, 1.82) is 0 Å². The highest BCUT2D eigenvalue weighted by atomic mass is 16.5. The quantitative estimate of drug-likeness (QED) is 0.587. The third-order valence-electron chi connectivity index (χ3n) is 5.05. The fourth-order valence-corrected chi connectivity index (χ4v) is 3.56. The van der Waals surface area contributed by atoms with Gasteiger partial charge in [-0.1, -0.05) is 17.3 Å². The summed E-state index contributed by atoms with van der Waals surface area (Å²) in [6.45, 7) is 4.20. The molecule has 6 heteroatoms. The number of rotatable bonds is 8. The maximum atomic E-state index is 11.1. The Kier molecular flexibility index (Phi) is 6.11. The van der Waals surface area contributed by atoms with Gasteiger partial charge in [0.15, 0.2) is 11.5 Å². The number of hydrogen-bond donors (Lipinski definition) is 0. The zero-order chi connectivity index (χ0) is 21.0. The van der Waals surface area contributed by atoms with Gasteiger partial charge in [-0.05, 0) is 61.7 Å². The van der Waals surface area contributed by atoms with Crippen molar-refractivity contribution < 1.29 is 18.9 Å². The zero-order valence-electron chi connectivity index (χ0n) is 17.5. The lowest BCUT2D eigenvalue weighted by molar-refractivity contribution is 0.159. The second kappa shape index (κ2) is 8.55. The van der Waals surface area contributed by atoms with E-state index >= 15 is 0 Å². The minimum absolute atomic E-state index is 0.121. The van der Waals surface area contributed by atoms with E-state index in [1.807, 2.05) is 44.2 Å². The lowest BCUT2D eigenvalue weighted by Gasteiger charge is -2.28. The standard InChI is InChI=1S/C23H27NO5/c1-23(2)9-8-16-10-15(6-7-19(16)29-23)11-18(14-24-25)17-12-20(26-3)22(28-5)21(13-17)27-4/h6-10,12-13,18H,11,14H2,1-5H3. The van der Waals surface area contributed by atoms with E-state index in [4.69, 9.17) is 18.9 Å². The van der Waals surface area contributed by atoms with E-state index in [0.717, 1.165) is 22.4 Å². The summed E-state index contributed by atoms with van der Waals surface area (Å²) < 4.78 is 22.3. The van der Waals surface area contributed by atoms with Crippen molar-refractivity contribution in [2.45, 2.75) is 31.8 Å². The van der Waals surface area contributed by atoms with Crippen LogP contribution in [0.15, 0.2) is 41.6 Å². The number of benzene rings is 2. The molecule has 0 radical (unpaired) electrons. The summed E-state index contributed by atoms with van der Waals surface area (Å²) >= 11 is 0. The van der Waals surface area contributed by atoms with Crippen molar-refractivity contribution in [2.75, 3.05) is 27.9 Å². The van der Waals surface area contributed by atoms with E-state index in [9.17, 15) is 4.91 Å². The first kappa shape index (κ1) is 20.7. The summed E-state index contributed by atoms with van der Waals surface area (Å²) in [5.41, 5.74) is 2.72. The highest BCUT2D eigenvalue weighted by molar-refractivity contribution is 5.62. The van der Waals surface area contributed by atoms with Crippen molar-refractivity contribution in [3.8, 4) is 23.0 Å². The van der Waals surface area contributed by atoms with Gasteiger partial charge in [0.25, 0.3) is 0 Å². The summed E-state index contributed by atoms with van der Waals surface area (Å²) in [6, 6.07) is 9.86. The molecule has 6 nitrogen and oxygen atoms in total. The molecule has 0 saturated heterocycles. The lowest BCUT2D eigenvalue weighted by atomic mass is 9.90. The Bertz CT molecular complexity index is 894. The Balaban J connectivity index is 1.93. The van der Waals surface area contributed by atoms with Crippen LogP contribution in [0.1, 0.15) is 36.5 Å². The van der Waals surface area contributed by atoms with Crippen LogP contribution in [0.2, 0.25) is 0 Å².